The summed E-state index contributed by atoms with van der Waals surface area (Å²) in [5.41, 5.74) is 3.08. The highest BCUT2D eigenvalue weighted by Gasteiger charge is 2.31. The van der Waals surface area contributed by atoms with Gasteiger partial charge in [-0.3, -0.25) is 4.79 Å². The molecule has 1 aliphatic rings. The highest BCUT2D eigenvalue weighted by molar-refractivity contribution is 5.97. The van der Waals surface area contributed by atoms with E-state index in [-0.39, 0.29) is 11.9 Å². The molecule has 1 atom stereocenters. The van der Waals surface area contributed by atoms with Gasteiger partial charge in [0, 0.05) is 29.7 Å². The largest absolute Gasteiger partial charge is 0.496 e. The first-order chi connectivity index (χ1) is 12.3. The Kier molecular flexibility index (Phi) is 4.18. The van der Waals surface area contributed by atoms with E-state index in [1.165, 1.54) is 10.9 Å². The first kappa shape index (κ1) is 15.8. The van der Waals surface area contributed by atoms with E-state index in [0.717, 1.165) is 31.3 Å². The number of benzene rings is 2. The summed E-state index contributed by atoms with van der Waals surface area (Å²) < 4.78 is 5.37. The molecule has 4 nitrogen and oxygen atoms in total. The molecule has 0 bridgehead atoms. The van der Waals surface area contributed by atoms with Crippen LogP contribution in [0.5, 0.6) is 5.75 Å². The first-order valence-electron chi connectivity index (χ1n) is 8.77. The molecule has 1 aromatic heterocycles. The van der Waals surface area contributed by atoms with Crippen molar-refractivity contribution >= 4 is 16.8 Å². The molecule has 1 unspecified atom stereocenters. The van der Waals surface area contributed by atoms with Gasteiger partial charge >= 0.3 is 0 Å². The topological polar surface area (TPSA) is 45.3 Å². The third kappa shape index (κ3) is 2.88. The lowest BCUT2D eigenvalue weighted by atomic mass is 10.0. The number of hydrogen-bond acceptors (Lipinski definition) is 2. The fourth-order valence-electron chi connectivity index (χ4n) is 3.85. The summed E-state index contributed by atoms with van der Waals surface area (Å²) in [6.07, 6.45) is 5.05. The number of ether oxygens (including phenoxy) is 1. The summed E-state index contributed by atoms with van der Waals surface area (Å²) in [5.74, 6) is 0.713. The summed E-state index contributed by atoms with van der Waals surface area (Å²) in [4.78, 5) is 18.4. The van der Waals surface area contributed by atoms with Crippen molar-refractivity contribution in [1.82, 2.24) is 9.88 Å². The van der Waals surface area contributed by atoms with Gasteiger partial charge in [-0.25, -0.2) is 0 Å². The maximum absolute atomic E-state index is 13.1. The van der Waals surface area contributed by atoms with Crippen LogP contribution in [0, 0.1) is 0 Å². The Morgan fingerprint density at radius 2 is 2.00 bits per heavy atom. The van der Waals surface area contributed by atoms with Crippen molar-refractivity contribution < 1.29 is 9.53 Å². The minimum Gasteiger partial charge on any atom is -0.496 e. The summed E-state index contributed by atoms with van der Waals surface area (Å²) in [6.45, 7) is 0.809. The maximum atomic E-state index is 13.1. The number of H-pyrrole nitrogens is 1. The van der Waals surface area contributed by atoms with Gasteiger partial charge in [0.1, 0.15) is 5.75 Å². The van der Waals surface area contributed by atoms with Crippen LogP contribution in [0.1, 0.15) is 28.8 Å². The summed E-state index contributed by atoms with van der Waals surface area (Å²) >= 11 is 0. The van der Waals surface area contributed by atoms with Crippen molar-refractivity contribution in [2.75, 3.05) is 13.7 Å². The van der Waals surface area contributed by atoms with Crippen LogP contribution in [0.4, 0.5) is 0 Å². The number of para-hydroxylation sites is 2. The standard InChI is InChI=1S/C21H22N2O2/c1-25-20-11-5-3-9-18(20)21(24)23-12-6-7-16(23)13-15-14-22-19-10-4-2-8-17(15)19/h2-5,8-11,14,16,22H,6-7,12-13H2,1H3. The molecule has 25 heavy (non-hydrogen) atoms. The average Bonchev–Trinajstić information content (AvgIpc) is 3.29. The number of fused-ring (bicyclic) bond motifs is 1. The zero-order chi connectivity index (χ0) is 17.2. The van der Waals surface area contributed by atoms with E-state index >= 15 is 0 Å². The number of carbonyl (C=O) groups is 1. The van der Waals surface area contributed by atoms with E-state index in [4.69, 9.17) is 4.74 Å². The Morgan fingerprint density at radius 1 is 1.20 bits per heavy atom. The molecular formula is C21H22N2O2. The second kappa shape index (κ2) is 6.63. The lowest BCUT2D eigenvalue weighted by Crippen LogP contribution is -2.37. The minimum atomic E-state index is 0.0693. The van der Waals surface area contributed by atoms with Crippen molar-refractivity contribution in [2.45, 2.75) is 25.3 Å². The van der Waals surface area contributed by atoms with Gasteiger partial charge in [-0.1, -0.05) is 30.3 Å². The Morgan fingerprint density at radius 3 is 2.88 bits per heavy atom. The number of aromatic amines is 1. The molecule has 1 fully saturated rings. The van der Waals surface area contributed by atoms with Crippen LogP contribution in [-0.2, 0) is 6.42 Å². The number of methoxy groups -OCH3 is 1. The molecule has 0 radical (unpaired) electrons. The molecule has 1 N–H and O–H groups in total. The van der Waals surface area contributed by atoms with Gasteiger partial charge < -0.3 is 14.6 Å². The van der Waals surface area contributed by atoms with Crippen molar-refractivity contribution in [2.24, 2.45) is 0 Å². The molecule has 128 valence electrons. The molecule has 1 amide bonds. The third-order valence-corrected chi connectivity index (χ3v) is 5.11. The molecule has 2 heterocycles. The van der Waals surface area contributed by atoms with E-state index in [9.17, 15) is 4.79 Å². The molecule has 1 saturated heterocycles. The van der Waals surface area contributed by atoms with Crippen LogP contribution in [0.15, 0.2) is 54.7 Å². The number of amides is 1. The van der Waals surface area contributed by atoms with E-state index in [0.29, 0.717) is 11.3 Å². The predicted octanol–water partition coefficient (Wildman–Crippen LogP) is 4.02. The van der Waals surface area contributed by atoms with E-state index in [2.05, 4.69) is 29.4 Å². The lowest BCUT2D eigenvalue weighted by molar-refractivity contribution is 0.0733. The Bertz CT molecular complexity index is 900. The number of aromatic nitrogens is 1. The van der Waals surface area contributed by atoms with Crippen LogP contribution in [0.3, 0.4) is 0 Å². The zero-order valence-corrected chi connectivity index (χ0v) is 14.4. The fraction of sp³-hybridized carbons (Fsp3) is 0.286. The van der Waals surface area contributed by atoms with E-state index < -0.39 is 0 Å². The SMILES string of the molecule is COc1ccccc1C(=O)N1CCCC1Cc1c[nH]c2ccccc12. The van der Waals surface area contributed by atoms with Crippen molar-refractivity contribution in [3.8, 4) is 5.75 Å². The Hall–Kier alpha value is -2.75. The van der Waals surface area contributed by atoms with E-state index in [1.54, 1.807) is 7.11 Å². The van der Waals surface area contributed by atoms with Gasteiger partial charge in [0.05, 0.1) is 12.7 Å². The molecule has 2 aromatic carbocycles. The van der Waals surface area contributed by atoms with Crippen LogP contribution in [-0.4, -0.2) is 35.5 Å². The Labute approximate surface area is 147 Å². The van der Waals surface area contributed by atoms with Crippen molar-refractivity contribution in [3.63, 3.8) is 0 Å². The monoisotopic (exact) mass is 334 g/mol. The third-order valence-electron chi connectivity index (χ3n) is 5.11. The van der Waals surface area contributed by atoms with Crippen LogP contribution < -0.4 is 4.74 Å². The van der Waals surface area contributed by atoms with Crippen LogP contribution in [0.25, 0.3) is 10.9 Å². The first-order valence-corrected chi connectivity index (χ1v) is 8.77. The van der Waals surface area contributed by atoms with Gasteiger partial charge in [0.25, 0.3) is 5.91 Å². The highest BCUT2D eigenvalue weighted by Crippen LogP contribution is 2.28. The minimum absolute atomic E-state index is 0.0693. The summed E-state index contributed by atoms with van der Waals surface area (Å²) in [7, 11) is 1.61. The Balaban J connectivity index is 1.59. The van der Waals surface area contributed by atoms with Gasteiger partial charge in [-0.15, -0.1) is 0 Å². The molecule has 1 aliphatic heterocycles. The second-order valence-electron chi connectivity index (χ2n) is 6.56. The second-order valence-corrected chi connectivity index (χ2v) is 6.56. The van der Waals surface area contributed by atoms with Gasteiger partial charge in [-0.05, 0) is 43.0 Å². The number of hydrogen-bond donors (Lipinski definition) is 1. The van der Waals surface area contributed by atoms with Crippen LogP contribution in [0.2, 0.25) is 0 Å². The normalized spacial score (nSPS) is 17.2. The summed E-state index contributed by atoms with van der Waals surface area (Å²) in [5, 5.41) is 1.25. The van der Waals surface area contributed by atoms with Crippen molar-refractivity contribution in [3.05, 3.63) is 65.9 Å². The summed E-state index contributed by atoms with van der Waals surface area (Å²) in [6, 6.07) is 16.0. The molecule has 0 aliphatic carbocycles. The molecular weight excluding hydrogens is 312 g/mol. The van der Waals surface area contributed by atoms with Gasteiger partial charge in [-0.2, -0.15) is 0 Å². The molecule has 0 saturated carbocycles. The quantitative estimate of drug-likeness (QED) is 0.783. The highest BCUT2D eigenvalue weighted by atomic mass is 16.5. The molecule has 0 spiro atoms. The van der Waals surface area contributed by atoms with Gasteiger partial charge in [0.15, 0.2) is 0 Å². The number of carbonyl (C=O) groups excluding carboxylic acids is 1. The van der Waals surface area contributed by atoms with Crippen molar-refractivity contribution in [1.29, 1.82) is 0 Å². The number of nitrogens with one attached hydrogen (secondary N) is 1. The number of nitrogens with zero attached hydrogens (tertiary/aromatic N) is 1. The van der Waals surface area contributed by atoms with Crippen LogP contribution >= 0.6 is 0 Å². The lowest BCUT2D eigenvalue weighted by Gasteiger charge is -2.25. The predicted molar refractivity (Wildman–Crippen MR) is 99.1 cm³/mol. The molecule has 4 heteroatoms. The molecule has 4 rings (SSSR count). The molecule has 3 aromatic rings. The zero-order valence-electron chi connectivity index (χ0n) is 14.4. The smallest absolute Gasteiger partial charge is 0.257 e. The van der Waals surface area contributed by atoms with E-state index in [1.807, 2.05) is 35.2 Å². The fourth-order valence-corrected chi connectivity index (χ4v) is 3.85. The maximum Gasteiger partial charge on any atom is 0.257 e. The van der Waals surface area contributed by atoms with Gasteiger partial charge in [0.2, 0.25) is 0 Å². The number of likely N-dealkylation sites (tertiary alicyclic amines) is 1. The average molecular weight is 334 g/mol. The number of rotatable bonds is 4.